The Morgan fingerprint density at radius 2 is 1.81 bits per heavy atom. The third-order valence-corrected chi connectivity index (χ3v) is 4.36. The monoisotopic (exact) mass is 360 g/mol. The zero-order chi connectivity index (χ0) is 18.5. The van der Waals surface area contributed by atoms with Gasteiger partial charge in [0.2, 0.25) is 0 Å². The fraction of sp³-hybridized carbons (Fsp3) is 0.136. The molecule has 2 heterocycles. The van der Waals surface area contributed by atoms with E-state index in [1.807, 2.05) is 54.7 Å². The van der Waals surface area contributed by atoms with Crippen molar-refractivity contribution >= 4 is 16.8 Å². The Bertz CT molecular complexity index is 1030. The summed E-state index contributed by atoms with van der Waals surface area (Å²) in [5, 5.41) is 4.09. The van der Waals surface area contributed by atoms with Crippen LogP contribution in [0.5, 0.6) is 5.75 Å². The number of aromatic amines is 1. The van der Waals surface area contributed by atoms with E-state index in [0.29, 0.717) is 18.1 Å². The number of benzene rings is 2. The maximum atomic E-state index is 12.3. The first-order valence-electron chi connectivity index (χ1n) is 8.89. The maximum absolute atomic E-state index is 12.3. The molecule has 2 aromatic carbocycles. The van der Waals surface area contributed by atoms with Crippen LogP contribution in [0.4, 0.5) is 0 Å². The van der Waals surface area contributed by atoms with Crippen LogP contribution in [0.2, 0.25) is 0 Å². The second-order valence-corrected chi connectivity index (χ2v) is 6.23. The van der Waals surface area contributed by atoms with Gasteiger partial charge >= 0.3 is 0 Å². The lowest BCUT2D eigenvalue weighted by Crippen LogP contribution is -2.25. The minimum absolute atomic E-state index is 0.221. The maximum Gasteiger partial charge on any atom is 0.287 e. The van der Waals surface area contributed by atoms with Gasteiger partial charge in [-0.15, -0.1) is 0 Å². The molecule has 0 saturated carbocycles. The molecule has 4 rings (SSSR count). The number of aromatic nitrogens is 1. The van der Waals surface area contributed by atoms with Crippen molar-refractivity contribution in [2.45, 2.75) is 13.0 Å². The van der Waals surface area contributed by atoms with Crippen LogP contribution in [-0.2, 0) is 13.0 Å². The molecule has 5 heteroatoms. The van der Waals surface area contributed by atoms with E-state index >= 15 is 0 Å². The zero-order valence-electron chi connectivity index (χ0n) is 14.8. The number of para-hydroxylation sites is 2. The zero-order valence-corrected chi connectivity index (χ0v) is 14.8. The summed E-state index contributed by atoms with van der Waals surface area (Å²) in [5.74, 6) is 1.45. The number of carbonyl (C=O) groups excluding carboxylic acids is 1. The molecule has 1 amide bonds. The second kappa shape index (κ2) is 7.83. The molecule has 0 radical (unpaired) electrons. The summed E-state index contributed by atoms with van der Waals surface area (Å²) < 4.78 is 11.2. The fourth-order valence-electron chi connectivity index (χ4n) is 2.98. The molecule has 0 atom stereocenters. The highest BCUT2D eigenvalue weighted by molar-refractivity contribution is 5.91. The number of fused-ring (bicyclic) bond motifs is 1. The van der Waals surface area contributed by atoms with E-state index in [1.54, 1.807) is 12.1 Å². The van der Waals surface area contributed by atoms with Crippen LogP contribution >= 0.6 is 0 Å². The summed E-state index contributed by atoms with van der Waals surface area (Å²) in [6, 6.07) is 21.1. The van der Waals surface area contributed by atoms with E-state index in [2.05, 4.69) is 16.4 Å². The lowest BCUT2D eigenvalue weighted by molar-refractivity contribution is 0.0922. The van der Waals surface area contributed by atoms with Gasteiger partial charge in [0.25, 0.3) is 5.91 Å². The number of hydrogen-bond acceptors (Lipinski definition) is 3. The Hall–Kier alpha value is -3.47. The molecule has 0 bridgehead atoms. The molecular formula is C22H20N2O3. The van der Waals surface area contributed by atoms with Crippen molar-refractivity contribution in [3.05, 3.63) is 90.0 Å². The van der Waals surface area contributed by atoms with Gasteiger partial charge in [-0.2, -0.15) is 0 Å². The molecule has 0 fully saturated rings. The van der Waals surface area contributed by atoms with Crippen LogP contribution in [0.3, 0.4) is 0 Å². The number of H-pyrrole nitrogens is 1. The van der Waals surface area contributed by atoms with E-state index in [0.717, 1.165) is 17.7 Å². The Balaban J connectivity index is 1.29. The Morgan fingerprint density at radius 1 is 1.00 bits per heavy atom. The van der Waals surface area contributed by atoms with E-state index < -0.39 is 0 Å². The van der Waals surface area contributed by atoms with E-state index in [-0.39, 0.29) is 12.5 Å². The Kier molecular flexibility index (Phi) is 4.92. The smallest absolute Gasteiger partial charge is 0.287 e. The minimum Gasteiger partial charge on any atom is -0.486 e. The molecule has 4 aromatic rings. The summed E-state index contributed by atoms with van der Waals surface area (Å²) >= 11 is 0. The number of hydrogen-bond donors (Lipinski definition) is 2. The molecule has 136 valence electrons. The minimum atomic E-state index is -0.221. The van der Waals surface area contributed by atoms with Crippen LogP contribution in [0.1, 0.15) is 21.9 Å². The highest BCUT2D eigenvalue weighted by Gasteiger charge is 2.11. The van der Waals surface area contributed by atoms with Crippen molar-refractivity contribution in [1.82, 2.24) is 10.3 Å². The normalized spacial score (nSPS) is 10.8. The average Bonchev–Trinajstić information content (AvgIpc) is 3.35. The topological polar surface area (TPSA) is 67.3 Å². The first-order chi connectivity index (χ1) is 13.3. The molecular weight excluding hydrogens is 340 g/mol. The van der Waals surface area contributed by atoms with Crippen molar-refractivity contribution in [3.8, 4) is 5.75 Å². The lowest BCUT2D eigenvalue weighted by Gasteiger charge is -2.04. The summed E-state index contributed by atoms with van der Waals surface area (Å²) in [5.41, 5.74) is 2.29. The van der Waals surface area contributed by atoms with Gasteiger partial charge in [-0.3, -0.25) is 4.79 Å². The van der Waals surface area contributed by atoms with Gasteiger partial charge < -0.3 is 19.5 Å². The van der Waals surface area contributed by atoms with Crippen LogP contribution < -0.4 is 10.1 Å². The van der Waals surface area contributed by atoms with Crippen LogP contribution in [0.15, 0.2) is 77.3 Å². The second-order valence-electron chi connectivity index (χ2n) is 6.23. The van der Waals surface area contributed by atoms with Crippen molar-refractivity contribution in [3.63, 3.8) is 0 Å². The molecule has 0 aliphatic rings. The molecule has 0 unspecified atom stereocenters. The lowest BCUT2D eigenvalue weighted by atomic mass is 10.1. The molecule has 2 N–H and O–H groups in total. The van der Waals surface area contributed by atoms with Crippen LogP contribution in [0.25, 0.3) is 10.9 Å². The third-order valence-electron chi connectivity index (χ3n) is 4.36. The molecule has 27 heavy (non-hydrogen) atoms. The summed E-state index contributed by atoms with van der Waals surface area (Å²) in [4.78, 5) is 15.5. The summed E-state index contributed by atoms with van der Waals surface area (Å²) in [7, 11) is 0. The summed E-state index contributed by atoms with van der Waals surface area (Å²) in [6.07, 6.45) is 2.74. The predicted octanol–water partition coefficient (Wildman–Crippen LogP) is 4.31. The first-order valence-corrected chi connectivity index (χ1v) is 8.89. The Morgan fingerprint density at radius 3 is 2.70 bits per heavy atom. The molecule has 5 nitrogen and oxygen atoms in total. The van der Waals surface area contributed by atoms with E-state index in [4.69, 9.17) is 9.15 Å². The van der Waals surface area contributed by atoms with Gasteiger partial charge in [0.05, 0.1) is 0 Å². The number of amides is 1. The number of furan rings is 1. The van der Waals surface area contributed by atoms with Gasteiger partial charge in [-0.25, -0.2) is 0 Å². The van der Waals surface area contributed by atoms with Gasteiger partial charge in [0.1, 0.15) is 18.1 Å². The third kappa shape index (κ3) is 4.03. The highest BCUT2D eigenvalue weighted by Crippen LogP contribution is 2.18. The first kappa shape index (κ1) is 17.0. The van der Waals surface area contributed by atoms with Gasteiger partial charge in [0.15, 0.2) is 5.76 Å². The van der Waals surface area contributed by atoms with Gasteiger partial charge in [-0.05, 0) is 42.3 Å². The quantitative estimate of drug-likeness (QED) is 0.516. The van der Waals surface area contributed by atoms with Gasteiger partial charge in [-0.1, -0.05) is 36.4 Å². The van der Waals surface area contributed by atoms with Gasteiger partial charge in [0, 0.05) is 23.6 Å². The molecule has 2 aromatic heterocycles. The van der Waals surface area contributed by atoms with Crippen molar-refractivity contribution in [2.75, 3.05) is 6.54 Å². The highest BCUT2D eigenvalue weighted by atomic mass is 16.5. The number of nitrogens with one attached hydrogen (secondary N) is 2. The van der Waals surface area contributed by atoms with E-state index in [9.17, 15) is 4.79 Å². The predicted molar refractivity (Wildman–Crippen MR) is 104 cm³/mol. The molecule has 0 spiro atoms. The van der Waals surface area contributed by atoms with Crippen molar-refractivity contribution in [2.24, 2.45) is 0 Å². The Labute approximate surface area is 157 Å². The largest absolute Gasteiger partial charge is 0.486 e. The fourth-order valence-corrected chi connectivity index (χ4v) is 2.98. The molecule has 0 aliphatic heterocycles. The SMILES string of the molecule is O=C(NCCc1c[nH]c2ccccc12)c1ccc(COc2ccccc2)o1. The van der Waals surface area contributed by atoms with E-state index in [1.165, 1.54) is 10.9 Å². The molecule has 0 saturated heterocycles. The number of rotatable bonds is 7. The van der Waals surface area contributed by atoms with Crippen molar-refractivity contribution < 1.29 is 13.9 Å². The molecule has 0 aliphatic carbocycles. The number of carbonyl (C=O) groups is 1. The average molecular weight is 360 g/mol. The number of ether oxygens (including phenoxy) is 1. The van der Waals surface area contributed by atoms with Crippen molar-refractivity contribution in [1.29, 1.82) is 0 Å². The van der Waals surface area contributed by atoms with Crippen LogP contribution in [0, 0.1) is 0 Å². The summed E-state index contributed by atoms with van der Waals surface area (Å²) in [6.45, 7) is 0.823. The van der Waals surface area contributed by atoms with Crippen LogP contribution in [-0.4, -0.2) is 17.4 Å². The standard InChI is InChI=1S/C22H20N2O3/c25-22(23-13-12-16-14-24-20-9-5-4-8-19(16)20)21-11-10-18(27-21)15-26-17-6-2-1-3-7-17/h1-11,14,24H,12-13,15H2,(H,23,25).